The topological polar surface area (TPSA) is 62.2 Å². The van der Waals surface area contributed by atoms with Gasteiger partial charge in [-0.2, -0.15) is 5.10 Å². The van der Waals surface area contributed by atoms with Crippen molar-refractivity contribution in [2.75, 3.05) is 6.54 Å². The van der Waals surface area contributed by atoms with Crippen LogP contribution in [0.25, 0.3) is 16.6 Å². The smallest absolute Gasteiger partial charge is 0.251 e. The molecular weight excluding hydrogens is 335 g/mol. The molecule has 1 aromatic carbocycles. The van der Waals surface area contributed by atoms with Crippen LogP contribution in [-0.2, 0) is 0 Å². The van der Waals surface area contributed by atoms with Crippen LogP contribution in [0.2, 0.25) is 5.02 Å². The monoisotopic (exact) mass is 352 g/mol. The molecule has 0 radical (unpaired) electrons. The third-order valence-electron chi connectivity index (χ3n) is 4.46. The predicted octanol–water partition coefficient (Wildman–Crippen LogP) is 3.11. The summed E-state index contributed by atoms with van der Waals surface area (Å²) < 4.78 is 1.86. The maximum Gasteiger partial charge on any atom is 0.251 e. The molecule has 1 saturated heterocycles. The fourth-order valence-electron chi connectivity index (χ4n) is 3.44. The van der Waals surface area contributed by atoms with Gasteiger partial charge in [-0.15, -0.1) is 12.4 Å². The highest BCUT2D eigenvalue weighted by Crippen LogP contribution is 2.31. The van der Waals surface area contributed by atoms with Crippen LogP contribution >= 0.6 is 24.0 Å². The maximum absolute atomic E-state index is 12.1. The maximum atomic E-state index is 12.1. The molecule has 0 amide bonds. The summed E-state index contributed by atoms with van der Waals surface area (Å²) in [6.45, 7) is 3.13. The lowest BCUT2D eigenvalue weighted by Crippen LogP contribution is -2.35. The van der Waals surface area contributed by atoms with E-state index in [1.807, 2.05) is 22.7 Å². The van der Waals surface area contributed by atoms with Crippen LogP contribution < -0.4 is 10.9 Å². The number of aromatic amines is 1. The highest BCUT2D eigenvalue weighted by Gasteiger charge is 2.24. The third kappa shape index (κ3) is 2.73. The Kier molecular flexibility index (Phi) is 4.36. The van der Waals surface area contributed by atoms with Crippen molar-refractivity contribution in [2.24, 2.45) is 0 Å². The highest BCUT2D eigenvalue weighted by molar-refractivity contribution is 6.36. The van der Waals surface area contributed by atoms with Gasteiger partial charge in [-0.05, 0) is 38.4 Å². The number of piperidine rings is 1. The number of nitrogens with zero attached hydrogens (tertiary/aromatic N) is 2. The SMILES string of the molecule is C[C@H]1C[C@@H](c2cc(=O)[nH]c3c4c(Cl)cccc4nn23)CCN1.Cl. The lowest BCUT2D eigenvalue weighted by Gasteiger charge is -2.28. The van der Waals surface area contributed by atoms with Crippen molar-refractivity contribution in [3.05, 3.63) is 45.3 Å². The summed E-state index contributed by atoms with van der Waals surface area (Å²) in [5.41, 5.74) is 2.36. The molecular formula is C16H18Cl2N4O. The van der Waals surface area contributed by atoms with E-state index in [1.54, 1.807) is 6.07 Å². The van der Waals surface area contributed by atoms with Crippen LogP contribution in [0.1, 0.15) is 31.4 Å². The van der Waals surface area contributed by atoms with Crippen molar-refractivity contribution in [2.45, 2.75) is 31.7 Å². The molecule has 2 atom stereocenters. The first kappa shape index (κ1) is 16.3. The first-order valence-electron chi connectivity index (χ1n) is 7.57. The molecule has 0 bridgehead atoms. The second kappa shape index (κ2) is 6.15. The molecule has 0 spiro atoms. The van der Waals surface area contributed by atoms with Gasteiger partial charge in [0, 0.05) is 18.0 Å². The minimum atomic E-state index is -0.101. The molecule has 122 valence electrons. The predicted molar refractivity (Wildman–Crippen MR) is 95.0 cm³/mol. The van der Waals surface area contributed by atoms with Crippen LogP contribution in [0.5, 0.6) is 0 Å². The lowest BCUT2D eigenvalue weighted by atomic mass is 9.90. The van der Waals surface area contributed by atoms with E-state index in [2.05, 4.69) is 22.3 Å². The number of benzene rings is 1. The van der Waals surface area contributed by atoms with Crippen LogP contribution in [0, 0.1) is 0 Å². The number of hydrogen-bond donors (Lipinski definition) is 2. The van der Waals surface area contributed by atoms with E-state index < -0.39 is 0 Å². The summed E-state index contributed by atoms with van der Waals surface area (Å²) >= 11 is 6.31. The molecule has 2 N–H and O–H groups in total. The summed E-state index contributed by atoms with van der Waals surface area (Å²) in [5.74, 6) is 0.328. The molecule has 3 aromatic rings. The number of nitrogens with one attached hydrogen (secondary N) is 2. The molecule has 0 unspecified atom stereocenters. The van der Waals surface area contributed by atoms with E-state index in [0.717, 1.165) is 36.0 Å². The molecule has 3 heterocycles. The average Bonchev–Trinajstić information content (AvgIpc) is 2.86. The fraction of sp³-hybridized carbons (Fsp3) is 0.375. The number of rotatable bonds is 1. The Bertz CT molecular complexity index is 917. The van der Waals surface area contributed by atoms with Crippen molar-refractivity contribution < 1.29 is 0 Å². The highest BCUT2D eigenvalue weighted by atomic mass is 35.5. The van der Waals surface area contributed by atoms with Crippen LogP contribution in [0.4, 0.5) is 0 Å². The first-order chi connectivity index (χ1) is 10.6. The van der Waals surface area contributed by atoms with Crippen molar-refractivity contribution in [1.82, 2.24) is 19.9 Å². The van der Waals surface area contributed by atoms with Crippen molar-refractivity contribution in [1.29, 1.82) is 0 Å². The molecule has 0 saturated carbocycles. The van der Waals surface area contributed by atoms with Gasteiger partial charge < -0.3 is 10.3 Å². The number of hydrogen-bond acceptors (Lipinski definition) is 3. The summed E-state index contributed by atoms with van der Waals surface area (Å²) in [6.07, 6.45) is 2.01. The van der Waals surface area contributed by atoms with E-state index in [1.165, 1.54) is 0 Å². The number of fused-ring (bicyclic) bond motifs is 3. The van der Waals surface area contributed by atoms with Gasteiger partial charge in [-0.25, -0.2) is 4.52 Å². The van der Waals surface area contributed by atoms with Gasteiger partial charge in [0.1, 0.15) is 5.65 Å². The van der Waals surface area contributed by atoms with Gasteiger partial charge in [0.15, 0.2) is 0 Å². The molecule has 7 heteroatoms. The van der Waals surface area contributed by atoms with Crippen LogP contribution in [0.15, 0.2) is 29.1 Å². The van der Waals surface area contributed by atoms with Crippen LogP contribution in [-0.4, -0.2) is 27.2 Å². The van der Waals surface area contributed by atoms with Gasteiger partial charge >= 0.3 is 0 Å². The lowest BCUT2D eigenvalue weighted by molar-refractivity contribution is 0.372. The normalized spacial score (nSPS) is 21.5. The van der Waals surface area contributed by atoms with Crippen molar-refractivity contribution in [3.8, 4) is 0 Å². The number of halogens is 2. The van der Waals surface area contributed by atoms with Gasteiger partial charge in [0.2, 0.25) is 0 Å². The number of H-pyrrole nitrogens is 1. The van der Waals surface area contributed by atoms with E-state index in [-0.39, 0.29) is 18.0 Å². The minimum Gasteiger partial charge on any atom is -0.314 e. The summed E-state index contributed by atoms with van der Waals surface area (Å²) in [6, 6.07) is 7.74. The van der Waals surface area contributed by atoms with E-state index in [9.17, 15) is 4.79 Å². The Labute approximate surface area is 144 Å². The molecule has 2 aromatic heterocycles. The Balaban J connectivity index is 0.00000156. The molecule has 23 heavy (non-hydrogen) atoms. The molecule has 4 rings (SSSR count). The molecule has 1 aliphatic rings. The second-order valence-corrected chi connectivity index (χ2v) is 6.44. The van der Waals surface area contributed by atoms with Crippen LogP contribution in [0.3, 0.4) is 0 Å². The van der Waals surface area contributed by atoms with Gasteiger partial charge in [0.05, 0.1) is 21.6 Å². The molecule has 1 fully saturated rings. The largest absolute Gasteiger partial charge is 0.314 e. The van der Waals surface area contributed by atoms with E-state index >= 15 is 0 Å². The minimum absolute atomic E-state index is 0. The van der Waals surface area contributed by atoms with Gasteiger partial charge in [-0.3, -0.25) is 4.79 Å². The summed E-state index contributed by atoms with van der Waals surface area (Å²) in [4.78, 5) is 15.0. The Hall–Kier alpha value is -1.56. The standard InChI is InChI=1S/C16H17ClN4O.ClH/c1-9-7-10(5-6-18-9)13-8-14(22)19-16-15-11(17)3-2-4-12(15)20-21(13)16;/h2-4,8-10,18H,5-7H2,1H3,(H,19,22);1H/t9-,10-;/m0./s1. The molecule has 5 nitrogen and oxygen atoms in total. The van der Waals surface area contributed by atoms with Crippen molar-refractivity contribution >= 4 is 40.6 Å². The Morgan fingerprint density at radius 1 is 1.39 bits per heavy atom. The Morgan fingerprint density at radius 3 is 3.00 bits per heavy atom. The summed E-state index contributed by atoms with van der Waals surface area (Å²) in [7, 11) is 0. The quantitative estimate of drug-likeness (QED) is 0.707. The van der Waals surface area contributed by atoms with E-state index in [4.69, 9.17) is 11.6 Å². The molecule has 1 aliphatic heterocycles. The second-order valence-electron chi connectivity index (χ2n) is 6.03. The van der Waals surface area contributed by atoms with Crippen molar-refractivity contribution in [3.63, 3.8) is 0 Å². The molecule has 0 aliphatic carbocycles. The van der Waals surface area contributed by atoms with Gasteiger partial charge in [0.25, 0.3) is 5.56 Å². The zero-order chi connectivity index (χ0) is 15.3. The zero-order valence-corrected chi connectivity index (χ0v) is 14.2. The third-order valence-corrected chi connectivity index (χ3v) is 4.77. The van der Waals surface area contributed by atoms with Gasteiger partial charge in [-0.1, -0.05) is 17.7 Å². The zero-order valence-electron chi connectivity index (χ0n) is 12.7. The summed E-state index contributed by atoms with van der Waals surface area (Å²) in [5, 5.41) is 9.52. The Morgan fingerprint density at radius 2 is 2.22 bits per heavy atom. The fourth-order valence-corrected chi connectivity index (χ4v) is 3.70. The first-order valence-corrected chi connectivity index (χ1v) is 7.95. The average molecular weight is 353 g/mol. The van der Waals surface area contributed by atoms with E-state index in [0.29, 0.717) is 22.6 Å². The number of aromatic nitrogens is 3.